The second-order valence-electron chi connectivity index (χ2n) is 7.55. The summed E-state index contributed by atoms with van der Waals surface area (Å²) in [6.07, 6.45) is 6.54. The monoisotopic (exact) mass is 377 g/mol. The number of quaternary nitrogens is 1. The molecule has 0 unspecified atom stereocenters. The summed E-state index contributed by atoms with van der Waals surface area (Å²) in [7, 11) is 0. The zero-order valence-electron chi connectivity index (χ0n) is 15.8. The maximum absolute atomic E-state index is 13.0. The molecule has 0 aliphatic carbocycles. The summed E-state index contributed by atoms with van der Waals surface area (Å²) in [5, 5.41) is 5.77. The Balaban J connectivity index is 1.35. The molecule has 0 bridgehead atoms. The Kier molecular flexibility index (Phi) is 7.04. The molecule has 0 aromatic heterocycles. The first-order chi connectivity index (χ1) is 13.1. The number of halogens is 1. The third-order valence-electron chi connectivity index (χ3n) is 5.40. The van der Waals surface area contributed by atoms with Gasteiger partial charge in [-0.1, -0.05) is 0 Å². The van der Waals surface area contributed by atoms with Gasteiger partial charge in [0.15, 0.2) is 0 Å². The molecule has 2 heterocycles. The van der Waals surface area contributed by atoms with Gasteiger partial charge in [-0.25, -0.2) is 9.18 Å². The molecule has 3 N–H and O–H groups in total. The van der Waals surface area contributed by atoms with E-state index in [2.05, 4.69) is 10.6 Å². The number of rotatable bonds is 6. The lowest BCUT2D eigenvalue weighted by Crippen LogP contribution is -3.11. The van der Waals surface area contributed by atoms with Crippen LogP contribution in [0.15, 0.2) is 24.3 Å². The molecule has 2 aliphatic heterocycles. The van der Waals surface area contributed by atoms with Crippen LogP contribution in [0.2, 0.25) is 0 Å². The van der Waals surface area contributed by atoms with Crippen molar-refractivity contribution >= 4 is 17.6 Å². The molecule has 1 aromatic carbocycles. The minimum atomic E-state index is -0.332. The number of benzene rings is 1. The van der Waals surface area contributed by atoms with E-state index in [4.69, 9.17) is 0 Å². The van der Waals surface area contributed by atoms with Crippen molar-refractivity contribution in [3.8, 4) is 0 Å². The molecule has 0 radical (unpaired) electrons. The van der Waals surface area contributed by atoms with Crippen LogP contribution >= 0.6 is 0 Å². The second-order valence-corrected chi connectivity index (χ2v) is 7.55. The Morgan fingerprint density at radius 2 is 1.85 bits per heavy atom. The number of nitrogens with one attached hydrogen (secondary N) is 3. The molecule has 3 amide bonds. The molecule has 2 saturated heterocycles. The van der Waals surface area contributed by atoms with Gasteiger partial charge in [-0.15, -0.1) is 0 Å². The second kappa shape index (κ2) is 9.69. The first kappa shape index (κ1) is 19.6. The Bertz CT molecular complexity index is 629. The lowest BCUT2D eigenvalue weighted by atomic mass is 10.2. The van der Waals surface area contributed by atoms with Crippen molar-refractivity contribution < 1.29 is 18.9 Å². The van der Waals surface area contributed by atoms with E-state index in [0.717, 1.165) is 13.0 Å². The molecule has 7 heteroatoms. The molecule has 0 saturated carbocycles. The number of nitrogens with zero attached hydrogens (tertiary/aromatic N) is 1. The zero-order valence-corrected chi connectivity index (χ0v) is 15.8. The van der Waals surface area contributed by atoms with Crippen LogP contribution in [0.25, 0.3) is 0 Å². The van der Waals surface area contributed by atoms with E-state index in [1.807, 2.05) is 0 Å². The number of amides is 3. The fraction of sp³-hybridized carbons (Fsp3) is 0.600. The van der Waals surface area contributed by atoms with Crippen LogP contribution < -0.4 is 20.4 Å². The number of carbonyl (C=O) groups is 2. The predicted molar refractivity (Wildman–Crippen MR) is 102 cm³/mol. The highest BCUT2D eigenvalue weighted by molar-refractivity contribution is 5.96. The maximum atomic E-state index is 13.0. The quantitative estimate of drug-likeness (QED) is 0.650. The first-order valence-electron chi connectivity index (χ1n) is 10.1. The molecule has 1 atom stereocenters. The van der Waals surface area contributed by atoms with Crippen LogP contribution in [0.1, 0.15) is 38.5 Å². The third-order valence-corrected chi connectivity index (χ3v) is 5.40. The Hall–Kier alpha value is -2.15. The Morgan fingerprint density at radius 3 is 2.56 bits per heavy atom. The lowest BCUT2D eigenvalue weighted by molar-refractivity contribution is -0.899. The van der Waals surface area contributed by atoms with Gasteiger partial charge in [-0.05, 0) is 49.9 Å². The van der Waals surface area contributed by atoms with Crippen molar-refractivity contribution in [3.63, 3.8) is 0 Å². The zero-order chi connectivity index (χ0) is 19.1. The minimum absolute atomic E-state index is 0.0586. The number of hydrogen-bond donors (Lipinski definition) is 3. The van der Waals surface area contributed by atoms with E-state index in [-0.39, 0.29) is 30.2 Å². The maximum Gasteiger partial charge on any atom is 0.315 e. The van der Waals surface area contributed by atoms with Gasteiger partial charge in [0.2, 0.25) is 5.91 Å². The molecule has 148 valence electrons. The summed E-state index contributed by atoms with van der Waals surface area (Å²) in [5.74, 6) is -0.391. The average molecular weight is 377 g/mol. The standard InChI is InChI=1S/C20H29FN4O2/c21-16-6-8-18(9-7-16)25-15-17(14-19(25)26)23-20(27)22-10-5-13-24-11-3-1-2-4-12-24/h6-9,17H,1-5,10-15H2,(H2,22,23,27)/p+1/t17-/m1/s1. The molecule has 2 fully saturated rings. The van der Waals surface area contributed by atoms with Crippen molar-refractivity contribution in [1.82, 2.24) is 10.6 Å². The molecular weight excluding hydrogens is 347 g/mol. The van der Waals surface area contributed by atoms with Crippen molar-refractivity contribution in [3.05, 3.63) is 30.1 Å². The number of likely N-dealkylation sites (tertiary alicyclic amines) is 1. The van der Waals surface area contributed by atoms with E-state index in [9.17, 15) is 14.0 Å². The summed E-state index contributed by atoms with van der Waals surface area (Å²) >= 11 is 0. The van der Waals surface area contributed by atoms with Crippen LogP contribution in [0.5, 0.6) is 0 Å². The smallest absolute Gasteiger partial charge is 0.315 e. The average Bonchev–Trinajstić information content (AvgIpc) is 2.84. The predicted octanol–water partition coefficient (Wildman–Crippen LogP) is 1.08. The highest BCUT2D eigenvalue weighted by atomic mass is 19.1. The molecule has 3 rings (SSSR count). The van der Waals surface area contributed by atoms with Crippen molar-refractivity contribution in [2.24, 2.45) is 0 Å². The molecular formula is C20H30FN4O2+. The topological polar surface area (TPSA) is 65.9 Å². The van der Waals surface area contributed by atoms with Crippen LogP contribution in [-0.4, -0.2) is 50.7 Å². The molecule has 2 aliphatic rings. The van der Waals surface area contributed by atoms with Crippen LogP contribution in [0.3, 0.4) is 0 Å². The largest absolute Gasteiger partial charge is 0.338 e. The van der Waals surface area contributed by atoms with E-state index < -0.39 is 0 Å². The van der Waals surface area contributed by atoms with Gasteiger partial charge in [-0.2, -0.15) is 0 Å². The van der Waals surface area contributed by atoms with Crippen LogP contribution in [-0.2, 0) is 4.79 Å². The number of anilines is 1. The van der Waals surface area contributed by atoms with Crippen LogP contribution in [0, 0.1) is 5.82 Å². The minimum Gasteiger partial charge on any atom is -0.338 e. The van der Waals surface area contributed by atoms with Gasteiger partial charge in [0, 0.05) is 31.6 Å². The lowest BCUT2D eigenvalue weighted by Gasteiger charge is -2.18. The summed E-state index contributed by atoms with van der Waals surface area (Å²) in [6, 6.07) is 5.39. The highest BCUT2D eigenvalue weighted by Gasteiger charge is 2.31. The number of urea groups is 1. The first-order valence-corrected chi connectivity index (χ1v) is 10.1. The Labute approximate surface area is 160 Å². The Morgan fingerprint density at radius 1 is 1.15 bits per heavy atom. The summed E-state index contributed by atoms with van der Waals surface area (Å²) < 4.78 is 13.0. The summed E-state index contributed by atoms with van der Waals surface area (Å²) in [4.78, 5) is 27.5. The van der Waals surface area contributed by atoms with Gasteiger partial charge < -0.3 is 20.4 Å². The molecule has 1 aromatic rings. The van der Waals surface area contributed by atoms with Gasteiger partial charge in [-0.3, -0.25) is 4.79 Å². The van der Waals surface area contributed by atoms with E-state index in [0.29, 0.717) is 18.8 Å². The number of carbonyl (C=O) groups excluding carboxylic acids is 2. The van der Waals surface area contributed by atoms with E-state index in [1.165, 1.54) is 50.9 Å². The molecule has 6 nitrogen and oxygen atoms in total. The molecule has 0 spiro atoms. The normalized spacial score (nSPS) is 21.1. The highest BCUT2D eigenvalue weighted by Crippen LogP contribution is 2.21. The number of hydrogen-bond acceptors (Lipinski definition) is 2. The van der Waals surface area contributed by atoms with Crippen molar-refractivity contribution in [2.75, 3.05) is 37.6 Å². The van der Waals surface area contributed by atoms with Gasteiger partial charge >= 0.3 is 6.03 Å². The SMILES string of the molecule is O=C(NCCC[NH+]1CCCCCC1)N[C@@H]1CC(=O)N(c2ccc(F)cc2)C1. The van der Waals surface area contributed by atoms with Crippen molar-refractivity contribution in [1.29, 1.82) is 0 Å². The summed E-state index contributed by atoms with van der Waals surface area (Å²) in [5.41, 5.74) is 0.659. The van der Waals surface area contributed by atoms with Crippen molar-refractivity contribution in [2.45, 2.75) is 44.6 Å². The fourth-order valence-corrected chi connectivity index (χ4v) is 3.93. The van der Waals surface area contributed by atoms with Crippen LogP contribution in [0.4, 0.5) is 14.9 Å². The van der Waals surface area contributed by atoms with Gasteiger partial charge in [0.05, 0.1) is 25.7 Å². The van der Waals surface area contributed by atoms with Gasteiger partial charge in [0.25, 0.3) is 0 Å². The molecule has 27 heavy (non-hydrogen) atoms. The van der Waals surface area contributed by atoms with Gasteiger partial charge in [0.1, 0.15) is 5.82 Å². The third kappa shape index (κ3) is 5.92. The van der Waals surface area contributed by atoms with E-state index >= 15 is 0 Å². The fourth-order valence-electron chi connectivity index (χ4n) is 3.93. The van der Waals surface area contributed by atoms with E-state index in [1.54, 1.807) is 21.9 Å². The summed E-state index contributed by atoms with van der Waals surface area (Å²) in [6.45, 7) is 4.65.